The summed E-state index contributed by atoms with van der Waals surface area (Å²) in [7, 11) is 0. The summed E-state index contributed by atoms with van der Waals surface area (Å²) < 4.78 is 0.933. The number of thioether (sulfide) groups is 1. The van der Waals surface area contributed by atoms with Gasteiger partial charge in [0.05, 0.1) is 5.88 Å². The number of halogens is 1. The van der Waals surface area contributed by atoms with Crippen molar-refractivity contribution in [1.29, 1.82) is 0 Å². The highest BCUT2D eigenvalue weighted by molar-refractivity contribution is 9.10. The van der Waals surface area contributed by atoms with Crippen molar-refractivity contribution in [2.75, 3.05) is 11.6 Å². The molecule has 4 nitrogen and oxygen atoms in total. The lowest BCUT2D eigenvalue weighted by Gasteiger charge is -2.18. The summed E-state index contributed by atoms with van der Waals surface area (Å²) in [6, 6.07) is 6.82. The van der Waals surface area contributed by atoms with E-state index < -0.39 is 12.0 Å². The van der Waals surface area contributed by atoms with Gasteiger partial charge in [-0.25, -0.2) is 4.79 Å². The number of carbonyl (C=O) groups excluding carboxylic acids is 1. The molecule has 1 aliphatic rings. The molecule has 0 spiro atoms. The summed E-state index contributed by atoms with van der Waals surface area (Å²) in [6.07, 6.45) is 3.11. The van der Waals surface area contributed by atoms with E-state index in [0.29, 0.717) is 11.6 Å². The maximum absolute atomic E-state index is 12.0. The third-order valence-electron chi connectivity index (χ3n) is 2.72. The van der Waals surface area contributed by atoms with E-state index in [2.05, 4.69) is 15.9 Å². The van der Waals surface area contributed by atoms with Gasteiger partial charge in [-0.3, -0.25) is 4.79 Å². The highest BCUT2D eigenvalue weighted by Crippen LogP contribution is 2.21. The van der Waals surface area contributed by atoms with Crippen LogP contribution in [-0.2, 0) is 9.59 Å². The molecule has 1 fully saturated rings. The topological polar surface area (TPSA) is 57.6 Å². The van der Waals surface area contributed by atoms with Crippen molar-refractivity contribution in [3.8, 4) is 0 Å². The Hall–Kier alpha value is -1.27. The molecule has 0 aliphatic carbocycles. The zero-order valence-corrected chi connectivity index (χ0v) is 12.4. The van der Waals surface area contributed by atoms with Crippen LogP contribution in [0.3, 0.4) is 0 Å². The predicted molar refractivity (Wildman–Crippen MR) is 78.8 cm³/mol. The van der Waals surface area contributed by atoms with Crippen LogP contribution in [0.25, 0.3) is 6.08 Å². The van der Waals surface area contributed by atoms with Gasteiger partial charge in [0, 0.05) is 16.3 Å². The minimum absolute atomic E-state index is 0.266. The van der Waals surface area contributed by atoms with Crippen molar-refractivity contribution in [3.05, 3.63) is 40.4 Å². The monoisotopic (exact) mass is 341 g/mol. The number of carbonyl (C=O) groups is 2. The zero-order chi connectivity index (χ0) is 13.8. The maximum atomic E-state index is 12.0. The van der Waals surface area contributed by atoms with E-state index >= 15 is 0 Å². The Kier molecular flexibility index (Phi) is 4.66. The fourth-order valence-corrected chi connectivity index (χ4v) is 3.31. The van der Waals surface area contributed by atoms with Gasteiger partial charge in [0.25, 0.3) is 0 Å². The number of amides is 1. The highest BCUT2D eigenvalue weighted by Gasteiger charge is 2.33. The number of hydrogen-bond donors (Lipinski definition) is 1. The van der Waals surface area contributed by atoms with Crippen LogP contribution in [0.2, 0.25) is 0 Å². The van der Waals surface area contributed by atoms with Gasteiger partial charge in [-0.1, -0.05) is 28.1 Å². The normalized spacial score (nSPS) is 19.0. The lowest BCUT2D eigenvalue weighted by molar-refractivity contribution is -0.146. The van der Waals surface area contributed by atoms with E-state index in [1.54, 1.807) is 6.08 Å². The van der Waals surface area contributed by atoms with E-state index in [1.807, 2.05) is 24.3 Å². The lowest BCUT2D eigenvalue weighted by atomic mass is 10.2. The number of carboxylic acid groups (broad SMARTS) is 1. The van der Waals surface area contributed by atoms with Gasteiger partial charge >= 0.3 is 5.97 Å². The molecule has 0 radical (unpaired) electrons. The summed E-state index contributed by atoms with van der Waals surface area (Å²) >= 11 is 4.81. The van der Waals surface area contributed by atoms with Crippen molar-refractivity contribution in [3.63, 3.8) is 0 Å². The van der Waals surface area contributed by atoms with E-state index in [4.69, 9.17) is 5.11 Å². The first kappa shape index (κ1) is 14.1. The van der Waals surface area contributed by atoms with Gasteiger partial charge in [0.1, 0.15) is 6.04 Å². The molecule has 2 rings (SSSR count). The van der Waals surface area contributed by atoms with Crippen molar-refractivity contribution in [1.82, 2.24) is 4.90 Å². The summed E-state index contributed by atoms with van der Waals surface area (Å²) in [4.78, 5) is 24.3. The Bertz CT molecular complexity index is 532. The van der Waals surface area contributed by atoms with Crippen LogP contribution in [0.1, 0.15) is 5.56 Å². The number of carboxylic acids is 1. The molecule has 1 atom stereocenters. The van der Waals surface area contributed by atoms with Crippen molar-refractivity contribution < 1.29 is 14.7 Å². The summed E-state index contributed by atoms with van der Waals surface area (Å²) in [5, 5.41) is 9.02. The van der Waals surface area contributed by atoms with Crippen LogP contribution in [0.5, 0.6) is 0 Å². The van der Waals surface area contributed by atoms with Crippen molar-refractivity contribution in [2.45, 2.75) is 6.04 Å². The average Bonchev–Trinajstić information content (AvgIpc) is 2.85. The third-order valence-corrected chi connectivity index (χ3v) is 4.22. The first-order valence-electron chi connectivity index (χ1n) is 5.63. The molecule has 1 aromatic carbocycles. The molecule has 1 amide bonds. The summed E-state index contributed by atoms with van der Waals surface area (Å²) in [5.74, 6) is -0.337. The van der Waals surface area contributed by atoms with Crippen LogP contribution in [0.4, 0.5) is 0 Å². The van der Waals surface area contributed by atoms with Crippen LogP contribution in [0, 0.1) is 0 Å². The quantitative estimate of drug-likeness (QED) is 0.858. The Morgan fingerprint density at radius 3 is 2.95 bits per heavy atom. The largest absolute Gasteiger partial charge is 0.480 e. The fourth-order valence-electron chi connectivity index (χ4n) is 1.74. The summed E-state index contributed by atoms with van der Waals surface area (Å²) in [6.45, 7) is 0. The molecule has 6 heteroatoms. The molecule has 100 valence electrons. The SMILES string of the molecule is O=C(O)[C@@H]1CSCN1C(=O)/C=C/c1cccc(Br)c1. The zero-order valence-electron chi connectivity index (χ0n) is 9.95. The molecule has 1 saturated heterocycles. The molecular formula is C13H12BrNO3S. The van der Waals surface area contributed by atoms with Gasteiger partial charge in [-0.2, -0.15) is 0 Å². The van der Waals surface area contributed by atoms with Crippen LogP contribution in [-0.4, -0.2) is 39.6 Å². The predicted octanol–water partition coefficient (Wildman–Crippen LogP) is 2.45. The maximum Gasteiger partial charge on any atom is 0.327 e. The van der Waals surface area contributed by atoms with E-state index in [9.17, 15) is 9.59 Å². The molecule has 0 saturated carbocycles. The van der Waals surface area contributed by atoms with Gasteiger partial charge < -0.3 is 10.0 Å². The van der Waals surface area contributed by atoms with Crippen LogP contribution >= 0.6 is 27.7 Å². The minimum atomic E-state index is -0.950. The van der Waals surface area contributed by atoms with Gasteiger partial charge in [-0.05, 0) is 23.8 Å². The summed E-state index contributed by atoms with van der Waals surface area (Å²) in [5.41, 5.74) is 0.890. The fraction of sp³-hybridized carbons (Fsp3) is 0.231. The van der Waals surface area contributed by atoms with E-state index in [1.165, 1.54) is 22.7 Å². The van der Waals surface area contributed by atoms with Crippen molar-refractivity contribution in [2.24, 2.45) is 0 Å². The van der Waals surface area contributed by atoms with Gasteiger partial charge in [-0.15, -0.1) is 11.8 Å². The molecule has 19 heavy (non-hydrogen) atoms. The standard InChI is InChI=1S/C13H12BrNO3S/c14-10-3-1-2-9(6-10)4-5-12(16)15-8-19-7-11(15)13(17)18/h1-6,11H,7-8H2,(H,17,18)/b5-4+/t11-/m0/s1. The Morgan fingerprint density at radius 1 is 1.47 bits per heavy atom. The number of benzene rings is 1. The molecule has 0 unspecified atom stereocenters. The first-order chi connectivity index (χ1) is 9.08. The molecule has 0 aromatic heterocycles. The number of aliphatic carboxylic acids is 1. The number of rotatable bonds is 3. The smallest absolute Gasteiger partial charge is 0.327 e. The molecule has 1 aromatic rings. The molecule has 0 bridgehead atoms. The molecular weight excluding hydrogens is 330 g/mol. The number of hydrogen-bond acceptors (Lipinski definition) is 3. The first-order valence-corrected chi connectivity index (χ1v) is 7.57. The second kappa shape index (κ2) is 6.25. The molecule has 1 aliphatic heterocycles. The molecule has 1 heterocycles. The Balaban J connectivity index is 2.06. The highest BCUT2D eigenvalue weighted by atomic mass is 79.9. The average molecular weight is 342 g/mol. The second-order valence-electron chi connectivity index (χ2n) is 4.05. The lowest BCUT2D eigenvalue weighted by Crippen LogP contribution is -2.40. The second-order valence-corrected chi connectivity index (χ2v) is 5.97. The Labute approximate surface area is 123 Å². The van der Waals surface area contributed by atoms with Gasteiger partial charge in [0.15, 0.2) is 0 Å². The van der Waals surface area contributed by atoms with Crippen LogP contribution in [0.15, 0.2) is 34.8 Å². The van der Waals surface area contributed by atoms with Gasteiger partial charge in [0.2, 0.25) is 5.91 Å². The van der Waals surface area contributed by atoms with E-state index in [-0.39, 0.29) is 5.91 Å². The minimum Gasteiger partial charge on any atom is -0.480 e. The molecule has 1 N–H and O–H groups in total. The van der Waals surface area contributed by atoms with E-state index in [0.717, 1.165) is 10.0 Å². The van der Waals surface area contributed by atoms with Crippen LogP contribution < -0.4 is 0 Å². The number of nitrogens with zero attached hydrogens (tertiary/aromatic N) is 1. The Morgan fingerprint density at radius 2 is 2.26 bits per heavy atom. The third kappa shape index (κ3) is 3.61. The van der Waals surface area contributed by atoms with Crippen molar-refractivity contribution >= 4 is 45.6 Å².